The maximum atomic E-state index is 12.0. The Morgan fingerprint density at radius 3 is 2.96 bits per heavy atom. The minimum atomic E-state index is -1.44. The summed E-state index contributed by atoms with van der Waals surface area (Å²) in [7, 11) is 1.61. The molecule has 0 atom stereocenters. The first-order valence-corrected chi connectivity index (χ1v) is 7.30. The molecular weight excluding hydrogens is 302 g/mol. The molecule has 3 N–H and O–H groups in total. The molecule has 1 aliphatic rings. The van der Waals surface area contributed by atoms with Crippen molar-refractivity contribution >= 4 is 5.97 Å². The molecule has 0 unspecified atom stereocenters. The second-order valence-electron chi connectivity index (χ2n) is 5.41. The van der Waals surface area contributed by atoms with Gasteiger partial charge in [-0.15, -0.1) is 0 Å². The van der Waals surface area contributed by atoms with Crippen molar-refractivity contribution in [3.05, 3.63) is 33.4 Å². The highest BCUT2D eigenvalue weighted by Crippen LogP contribution is 2.35. The molecule has 122 valence electrons. The van der Waals surface area contributed by atoms with Crippen LogP contribution in [0.2, 0.25) is 0 Å². The lowest BCUT2D eigenvalue weighted by atomic mass is 10.0. The van der Waals surface area contributed by atoms with Crippen LogP contribution in [0.15, 0.2) is 11.0 Å². The molecular formula is C15H17N3O5. The summed E-state index contributed by atoms with van der Waals surface area (Å²) in [6.45, 7) is 1.10. The number of rotatable bonds is 4. The van der Waals surface area contributed by atoms with Crippen LogP contribution in [0.25, 0.3) is 11.3 Å². The van der Waals surface area contributed by atoms with Crippen molar-refractivity contribution in [1.82, 2.24) is 14.8 Å². The van der Waals surface area contributed by atoms with Crippen molar-refractivity contribution in [2.24, 2.45) is 0 Å². The van der Waals surface area contributed by atoms with Crippen molar-refractivity contribution in [3.63, 3.8) is 0 Å². The number of carbonyl (C=O) groups is 1. The average Bonchev–Trinajstić information content (AvgIpc) is 2.80. The standard InChI is InChI=1S/C15H17N3O5/c1-23-6-5-18-10-4-2-3-8-12(9(10)7-16-18)17-14(20)11(13(8)19)15(21)22/h7H,2-6H2,1H3,(H,21,22)(H2,17,19,20). The van der Waals surface area contributed by atoms with E-state index in [0.29, 0.717) is 30.8 Å². The van der Waals surface area contributed by atoms with Gasteiger partial charge in [0.1, 0.15) is 5.75 Å². The SMILES string of the molecule is COCCn1ncc2c1CCCc1c-2[nH]c(=O)c(C(=O)O)c1O. The van der Waals surface area contributed by atoms with Crippen LogP contribution in [0.3, 0.4) is 0 Å². The summed E-state index contributed by atoms with van der Waals surface area (Å²) >= 11 is 0. The predicted molar refractivity (Wildman–Crippen MR) is 80.8 cm³/mol. The minimum Gasteiger partial charge on any atom is -0.506 e. The molecule has 0 saturated carbocycles. The van der Waals surface area contributed by atoms with Gasteiger partial charge in [-0.05, 0) is 19.3 Å². The van der Waals surface area contributed by atoms with Crippen LogP contribution in [0.1, 0.15) is 28.0 Å². The summed E-state index contributed by atoms with van der Waals surface area (Å²) in [5.74, 6) is -1.89. The summed E-state index contributed by atoms with van der Waals surface area (Å²) in [5.41, 5.74) is 1.14. The van der Waals surface area contributed by atoms with E-state index in [1.54, 1.807) is 13.3 Å². The number of methoxy groups -OCH3 is 1. The van der Waals surface area contributed by atoms with Gasteiger partial charge in [0.2, 0.25) is 0 Å². The number of nitrogens with one attached hydrogen (secondary N) is 1. The van der Waals surface area contributed by atoms with E-state index >= 15 is 0 Å². The summed E-state index contributed by atoms with van der Waals surface area (Å²) in [4.78, 5) is 25.8. The zero-order valence-corrected chi connectivity index (χ0v) is 12.6. The van der Waals surface area contributed by atoms with Crippen molar-refractivity contribution < 1.29 is 19.7 Å². The Hall–Kier alpha value is -2.61. The molecule has 0 bridgehead atoms. The largest absolute Gasteiger partial charge is 0.506 e. The molecule has 8 heteroatoms. The Bertz CT molecular complexity index is 821. The lowest BCUT2D eigenvalue weighted by Gasteiger charge is -2.10. The van der Waals surface area contributed by atoms with Crippen LogP contribution in [0, 0.1) is 0 Å². The molecule has 8 nitrogen and oxygen atoms in total. The number of hydrogen-bond donors (Lipinski definition) is 3. The van der Waals surface area contributed by atoms with Gasteiger partial charge >= 0.3 is 5.97 Å². The molecule has 0 fully saturated rings. The van der Waals surface area contributed by atoms with Gasteiger partial charge in [0.05, 0.1) is 25.0 Å². The third-order valence-electron chi connectivity index (χ3n) is 4.07. The van der Waals surface area contributed by atoms with Gasteiger partial charge in [0.15, 0.2) is 5.56 Å². The third-order valence-corrected chi connectivity index (χ3v) is 4.07. The smallest absolute Gasteiger partial charge is 0.345 e. The maximum Gasteiger partial charge on any atom is 0.345 e. The Kier molecular flexibility index (Phi) is 3.91. The van der Waals surface area contributed by atoms with Gasteiger partial charge < -0.3 is 19.9 Å². The average molecular weight is 319 g/mol. The van der Waals surface area contributed by atoms with E-state index in [1.165, 1.54) is 0 Å². The zero-order valence-electron chi connectivity index (χ0n) is 12.6. The highest BCUT2D eigenvalue weighted by Gasteiger charge is 2.27. The Labute approximate surface area is 131 Å². The zero-order chi connectivity index (χ0) is 16.6. The Balaban J connectivity index is 2.18. The highest BCUT2D eigenvalue weighted by molar-refractivity contribution is 5.92. The van der Waals surface area contributed by atoms with E-state index in [-0.39, 0.29) is 0 Å². The second kappa shape index (κ2) is 5.88. The first kappa shape index (κ1) is 15.3. The lowest BCUT2D eigenvalue weighted by Crippen LogP contribution is -2.19. The molecule has 0 radical (unpaired) electrons. The molecule has 3 rings (SSSR count). The number of aromatic amines is 1. The van der Waals surface area contributed by atoms with Crippen LogP contribution in [-0.2, 0) is 24.1 Å². The number of fused-ring (bicyclic) bond motifs is 3. The molecule has 0 spiro atoms. The number of pyridine rings is 1. The monoisotopic (exact) mass is 319 g/mol. The minimum absolute atomic E-state index is 0.450. The van der Waals surface area contributed by atoms with Gasteiger partial charge in [0.25, 0.3) is 5.56 Å². The van der Waals surface area contributed by atoms with Crippen molar-refractivity contribution in [3.8, 4) is 17.0 Å². The quantitative estimate of drug-likeness (QED) is 0.766. The number of aromatic nitrogens is 3. The van der Waals surface area contributed by atoms with Crippen molar-refractivity contribution in [2.45, 2.75) is 25.8 Å². The van der Waals surface area contributed by atoms with Gasteiger partial charge in [-0.3, -0.25) is 9.48 Å². The number of carboxylic acid groups (broad SMARTS) is 1. The molecule has 23 heavy (non-hydrogen) atoms. The maximum absolute atomic E-state index is 12.0. The van der Waals surface area contributed by atoms with E-state index in [4.69, 9.17) is 9.84 Å². The van der Waals surface area contributed by atoms with Crippen LogP contribution in [-0.4, -0.2) is 44.7 Å². The fraction of sp³-hybridized carbons (Fsp3) is 0.400. The number of aromatic hydroxyl groups is 1. The molecule has 2 aromatic heterocycles. The topological polar surface area (TPSA) is 117 Å². The number of ether oxygens (including phenoxy) is 1. The first-order chi connectivity index (χ1) is 11.0. The molecule has 2 heterocycles. The summed E-state index contributed by atoms with van der Waals surface area (Å²) in [5, 5.41) is 23.7. The van der Waals surface area contributed by atoms with Gasteiger partial charge in [0, 0.05) is 23.9 Å². The van der Waals surface area contributed by atoms with Gasteiger partial charge in [-0.2, -0.15) is 5.10 Å². The molecule has 1 aliphatic carbocycles. The molecule has 2 aromatic rings. The number of aromatic carboxylic acids is 1. The fourth-order valence-corrected chi connectivity index (χ4v) is 2.99. The first-order valence-electron chi connectivity index (χ1n) is 7.30. The predicted octanol–water partition coefficient (Wildman–Crippen LogP) is 0.777. The molecule has 0 aliphatic heterocycles. The van der Waals surface area contributed by atoms with Crippen LogP contribution in [0.4, 0.5) is 0 Å². The van der Waals surface area contributed by atoms with Crippen molar-refractivity contribution in [1.29, 1.82) is 0 Å². The van der Waals surface area contributed by atoms with Gasteiger partial charge in [-0.25, -0.2) is 4.79 Å². The number of carboxylic acids is 1. The van der Waals surface area contributed by atoms with E-state index in [2.05, 4.69) is 10.1 Å². The van der Waals surface area contributed by atoms with E-state index in [1.807, 2.05) is 4.68 Å². The Morgan fingerprint density at radius 1 is 1.48 bits per heavy atom. The normalized spacial score (nSPS) is 13.3. The Morgan fingerprint density at radius 2 is 2.26 bits per heavy atom. The molecule has 0 amide bonds. The van der Waals surface area contributed by atoms with Crippen molar-refractivity contribution in [2.75, 3.05) is 13.7 Å². The van der Waals surface area contributed by atoms with E-state index in [9.17, 15) is 14.7 Å². The van der Waals surface area contributed by atoms with E-state index < -0.39 is 22.8 Å². The third kappa shape index (κ3) is 2.50. The fourth-order valence-electron chi connectivity index (χ4n) is 2.99. The lowest BCUT2D eigenvalue weighted by molar-refractivity contribution is 0.0691. The van der Waals surface area contributed by atoms with Crippen LogP contribution < -0.4 is 5.56 Å². The summed E-state index contributed by atoms with van der Waals surface area (Å²) in [6, 6.07) is 0. The number of hydrogen-bond acceptors (Lipinski definition) is 5. The molecule has 0 aromatic carbocycles. The summed E-state index contributed by atoms with van der Waals surface area (Å²) < 4.78 is 6.88. The second-order valence-corrected chi connectivity index (χ2v) is 5.41. The number of H-pyrrole nitrogens is 1. The molecule has 0 saturated heterocycles. The van der Waals surface area contributed by atoms with Crippen LogP contribution in [0.5, 0.6) is 5.75 Å². The number of nitrogens with zero attached hydrogens (tertiary/aromatic N) is 2. The highest BCUT2D eigenvalue weighted by atomic mass is 16.5. The summed E-state index contributed by atoms with van der Waals surface area (Å²) in [6.07, 6.45) is 3.55. The van der Waals surface area contributed by atoms with Gasteiger partial charge in [-0.1, -0.05) is 0 Å². The van der Waals surface area contributed by atoms with Crippen LogP contribution >= 0.6 is 0 Å². The van der Waals surface area contributed by atoms with E-state index in [0.717, 1.165) is 24.1 Å².